The number of benzene rings is 2. The maximum Gasteiger partial charge on any atom is 0.317 e. The van der Waals surface area contributed by atoms with Gasteiger partial charge >= 0.3 is 6.03 Å². The Morgan fingerprint density at radius 2 is 1.86 bits per heavy atom. The van der Waals surface area contributed by atoms with Crippen LogP contribution in [0.25, 0.3) is 0 Å². The lowest BCUT2D eigenvalue weighted by Crippen LogP contribution is -2.48. The van der Waals surface area contributed by atoms with Crippen LogP contribution in [0.4, 0.5) is 10.5 Å². The molecule has 2 N–H and O–H groups in total. The average molecular weight is 396 g/mol. The smallest absolute Gasteiger partial charge is 0.317 e. The summed E-state index contributed by atoms with van der Waals surface area (Å²) in [5, 5.41) is 5.87. The summed E-state index contributed by atoms with van der Waals surface area (Å²) in [7, 11) is 0. The number of likely N-dealkylation sites (tertiary alicyclic amines) is 1. The minimum atomic E-state index is -0.181. The van der Waals surface area contributed by atoms with Crippen LogP contribution in [0.15, 0.2) is 54.6 Å². The zero-order valence-electron chi connectivity index (χ0n) is 16.9. The molecule has 1 heterocycles. The van der Waals surface area contributed by atoms with Gasteiger partial charge in [0.1, 0.15) is 5.75 Å². The predicted octanol–water partition coefficient (Wildman–Crippen LogP) is 3.82. The second-order valence-electron chi connectivity index (χ2n) is 7.34. The van der Waals surface area contributed by atoms with Gasteiger partial charge in [-0.3, -0.25) is 4.79 Å². The molecule has 1 aliphatic heterocycles. The third kappa shape index (κ3) is 6.24. The Morgan fingerprint density at radius 1 is 1.10 bits per heavy atom. The molecule has 0 saturated carbocycles. The summed E-state index contributed by atoms with van der Waals surface area (Å²) in [6.07, 6.45) is 2.36. The standard InChI is InChI=1S/C23H29N3O3/c1-18-9-5-6-13-21(18)29-16-8-14-24-23(28)26-15-7-10-19(17-26)22(27)25-20-11-3-2-4-12-20/h2-6,9,11-13,19H,7-8,10,14-17H2,1H3,(H,24,28)(H,25,27). The molecule has 6 nitrogen and oxygen atoms in total. The number of carbonyl (C=O) groups excluding carboxylic acids is 2. The minimum absolute atomic E-state index is 0.0275. The summed E-state index contributed by atoms with van der Waals surface area (Å²) in [5.74, 6) is 0.668. The van der Waals surface area contributed by atoms with Gasteiger partial charge in [-0.1, -0.05) is 36.4 Å². The normalized spacial score (nSPS) is 16.2. The summed E-state index contributed by atoms with van der Waals surface area (Å²) < 4.78 is 5.75. The first-order valence-corrected chi connectivity index (χ1v) is 10.2. The molecular weight excluding hydrogens is 366 g/mol. The number of ether oxygens (including phenoxy) is 1. The van der Waals surface area contributed by atoms with E-state index in [4.69, 9.17) is 4.74 Å². The van der Waals surface area contributed by atoms with Crippen molar-refractivity contribution in [3.8, 4) is 5.75 Å². The number of nitrogens with zero attached hydrogens (tertiary/aromatic N) is 1. The van der Waals surface area contributed by atoms with E-state index in [1.54, 1.807) is 4.90 Å². The average Bonchev–Trinajstić information content (AvgIpc) is 2.75. The highest BCUT2D eigenvalue weighted by Crippen LogP contribution is 2.19. The predicted molar refractivity (Wildman–Crippen MR) is 114 cm³/mol. The van der Waals surface area contributed by atoms with Crippen LogP contribution in [0.3, 0.4) is 0 Å². The summed E-state index contributed by atoms with van der Waals surface area (Å²) in [4.78, 5) is 26.7. The van der Waals surface area contributed by atoms with E-state index in [1.165, 1.54) is 0 Å². The van der Waals surface area contributed by atoms with Crippen LogP contribution in [-0.2, 0) is 4.79 Å². The fourth-order valence-electron chi connectivity index (χ4n) is 3.42. The quantitative estimate of drug-likeness (QED) is 0.700. The van der Waals surface area contributed by atoms with Crippen molar-refractivity contribution in [2.75, 3.05) is 31.6 Å². The molecule has 0 radical (unpaired) electrons. The molecule has 1 fully saturated rings. The number of carbonyl (C=O) groups is 2. The number of hydrogen-bond donors (Lipinski definition) is 2. The van der Waals surface area contributed by atoms with Crippen molar-refractivity contribution in [3.63, 3.8) is 0 Å². The Bertz CT molecular complexity index is 810. The molecule has 0 aliphatic carbocycles. The molecule has 0 bridgehead atoms. The van der Waals surface area contributed by atoms with Crippen LogP contribution in [0.5, 0.6) is 5.75 Å². The van der Waals surface area contributed by atoms with E-state index in [1.807, 2.05) is 61.5 Å². The monoisotopic (exact) mass is 395 g/mol. The van der Waals surface area contributed by atoms with Crippen molar-refractivity contribution in [2.24, 2.45) is 5.92 Å². The highest BCUT2D eigenvalue weighted by atomic mass is 16.5. The maximum absolute atomic E-state index is 12.5. The fourth-order valence-corrected chi connectivity index (χ4v) is 3.42. The Hall–Kier alpha value is -3.02. The van der Waals surface area contributed by atoms with E-state index in [0.29, 0.717) is 26.2 Å². The number of anilines is 1. The second kappa shape index (κ2) is 10.5. The summed E-state index contributed by atoms with van der Waals surface area (Å²) in [5.41, 5.74) is 1.89. The Labute approximate surface area is 172 Å². The number of nitrogens with one attached hydrogen (secondary N) is 2. The highest BCUT2D eigenvalue weighted by Gasteiger charge is 2.28. The molecule has 1 unspecified atom stereocenters. The molecule has 1 aliphatic rings. The van der Waals surface area contributed by atoms with E-state index in [2.05, 4.69) is 10.6 Å². The molecule has 3 rings (SSSR count). The summed E-state index contributed by atoms with van der Waals surface area (Å²) in [6.45, 7) is 4.23. The van der Waals surface area contributed by atoms with Gasteiger partial charge in [0.2, 0.25) is 5.91 Å². The molecule has 3 amide bonds. The van der Waals surface area contributed by atoms with Gasteiger partial charge in [-0.25, -0.2) is 4.79 Å². The lowest BCUT2D eigenvalue weighted by Gasteiger charge is -2.32. The fraction of sp³-hybridized carbons (Fsp3) is 0.391. The molecule has 6 heteroatoms. The van der Waals surface area contributed by atoms with Gasteiger partial charge in [0.05, 0.1) is 12.5 Å². The van der Waals surface area contributed by atoms with Crippen LogP contribution in [0, 0.1) is 12.8 Å². The van der Waals surface area contributed by atoms with Crippen LogP contribution in [-0.4, -0.2) is 43.1 Å². The van der Waals surface area contributed by atoms with Crippen LogP contribution in [0.2, 0.25) is 0 Å². The van der Waals surface area contributed by atoms with Crippen molar-refractivity contribution in [3.05, 3.63) is 60.2 Å². The number of hydrogen-bond acceptors (Lipinski definition) is 3. The first-order chi connectivity index (χ1) is 14.1. The number of amides is 3. The van der Waals surface area contributed by atoms with Gasteiger partial charge in [-0.05, 0) is 49.9 Å². The Morgan fingerprint density at radius 3 is 2.66 bits per heavy atom. The van der Waals surface area contributed by atoms with Gasteiger partial charge in [0.15, 0.2) is 0 Å². The van der Waals surface area contributed by atoms with E-state index in [9.17, 15) is 9.59 Å². The van der Waals surface area contributed by atoms with Crippen molar-refractivity contribution in [1.82, 2.24) is 10.2 Å². The van der Waals surface area contributed by atoms with E-state index in [-0.39, 0.29) is 17.9 Å². The van der Waals surface area contributed by atoms with Gasteiger partial charge in [0.25, 0.3) is 0 Å². The van der Waals surface area contributed by atoms with Crippen LogP contribution < -0.4 is 15.4 Å². The molecule has 0 aromatic heterocycles. The van der Waals surface area contributed by atoms with Crippen molar-refractivity contribution >= 4 is 17.6 Å². The number of urea groups is 1. The Balaban J connectivity index is 1.38. The highest BCUT2D eigenvalue weighted by molar-refractivity contribution is 5.93. The number of rotatable bonds is 7. The Kier molecular flexibility index (Phi) is 7.50. The first kappa shape index (κ1) is 20.7. The van der Waals surface area contributed by atoms with E-state index in [0.717, 1.165) is 36.3 Å². The van der Waals surface area contributed by atoms with Gasteiger partial charge < -0.3 is 20.3 Å². The topological polar surface area (TPSA) is 70.7 Å². The molecule has 1 atom stereocenters. The zero-order chi connectivity index (χ0) is 20.5. The number of piperidine rings is 1. The molecule has 2 aromatic rings. The van der Waals surface area contributed by atoms with Crippen molar-refractivity contribution < 1.29 is 14.3 Å². The molecular formula is C23H29N3O3. The van der Waals surface area contributed by atoms with Gasteiger partial charge in [-0.2, -0.15) is 0 Å². The molecule has 154 valence electrons. The lowest BCUT2D eigenvalue weighted by molar-refractivity contribution is -0.121. The van der Waals surface area contributed by atoms with Crippen LogP contribution in [0.1, 0.15) is 24.8 Å². The van der Waals surface area contributed by atoms with Crippen molar-refractivity contribution in [1.29, 1.82) is 0 Å². The third-order valence-electron chi connectivity index (χ3n) is 5.07. The zero-order valence-corrected chi connectivity index (χ0v) is 16.9. The summed E-state index contributed by atoms with van der Waals surface area (Å²) >= 11 is 0. The maximum atomic E-state index is 12.5. The lowest BCUT2D eigenvalue weighted by atomic mass is 9.97. The van der Waals surface area contributed by atoms with Gasteiger partial charge in [-0.15, -0.1) is 0 Å². The molecule has 1 saturated heterocycles. The van der Waals surface area contributed by atoms with Gasteiger partial charge in [0, 0.05) is 25.3 Å². The second-order valence-corrected chi connectivity index (χ2v) is 7.34. The largest absolute Gasteiger partial charge is 0.493 e. The molecule has 2 aromatic carbocycles. The van der Waals surface area contributed by atoms with E-state index < -0.39 is 0 Å². The SMILES string of the molecule is Cc1ccccc1OCCCNC(=O)N1CCCC(C(=O)Nc2ccccc2)C1. The summed E-state index contributed by atoms with van der Waals surface area (Å²) in [6, 6.07) is 17.2. The third-order valence-corrected chi connectivity index (χ3v) is 5.07. The van der Waals surface area contributed by atoms with Crippen LogP contribution >= 0.6 is 0 Å². The van der Waals surface area contributed by atoms with E-state index >= 15 is 0 Å². The first-order valence-electron chi connectivity index (χ1n) is 10.2. The minimum Gasteiger partial charge on any atom is -0.493 e. The molecule has 0 spiro atoms. The number of aryl methyl sites for hydroxylation is 1. The molecule has 29 heavy (non-hydrogen) atoms. The van der Waals surface area contributed by atoms with Crippen molar-refractivity contribution in [2.45, 2.75) is 26.2 Å². The number of para-hydroxylation sites is 2.